The number of imidazole rings is 1. The second kappa shape index (κ2) is 6.51. The molecule has 6 nitrogen and oxygen atoms in total. The van der Waals surface area contributed by atoms with Gasteiger partial charge in [-0.1, -0.05) is 6.07 Å². The molecule has 1 N–H and O–H groups in total. The largest absolute Gasteiger partial charge is 0.368 e. The molecule has 7 heteroatoms. The summed E-state index contributed by atoms with van der Waals surface area (Å²) in [4.78, 5) is 8.26. The van der Waals surface area contributed by atoms with E-state index in [0.29, 0.717) is 0 Å². The first-order chi connectivity index (χ1) is 11.7. The van der Waals surface area contributed by atoms with Crippen LogP contribution in [-0.4, -0.2) is 44.3 Å². The van der Waals surface area contributed by atoms with Gasteiger partial charge < -0.3 is 9.30 Å². The zero-order valence-corrected chi connectivity index (χ0v) is 14.7. The van der Waals surface area contributed by atoms with Crippen LogP contribution in [-0.2, 0) is 18.3 Å². The molecule has 0 aliphatic carbocycles. The fraction of sp³-hybridized carbons (Fsp3) is 0.412. The number of aromatic nitrogens is 4. The predicted octanol–water partition coefficient (Wildman–Crippen LogP) is 2.75. The van der Waals surface area contributed by atoms with E-state index in [1.54, 1.807) is 11.3 Å². The van der Waals surface area contributed by atoms with Crippen LogP contribution in [0.15, 0.2) is 29.9 Å². The van der Waals surface area contributed by atoms with Crippen molar-refractivity contribution in [3.05, 3.63) is 47.0 Å². The van der Waals surface area contributed by atoms with Crippen molar-refractivity contribution in [3.8, 4) is 10.6 Å². The number of H-pyrrole nitrogens is 1. The van der Waals surface area contributed by atoms with Crippen molar-refractivity contribution >= 4 is 11.3 Å². The van der Waals surface area contributed by atoms with Gasteiger partial charge in [-0.05, 0) is 18.4 Å². The van der Waals surface area contributed by atoms with Gasteiger partial charge in [-0.25, -0.2) is 4.98 Å². The Kier molecular flexibility index (Phi) is 4.22. The van der Waals surface area contributed by atoms with Crippen LogP contribution in [0.25, 0.3) is 10.6 Å². The third-order valence-electron chi connectivity index (χ3n) is 4.35. The maximum absolute atomic E-state index is 5.96. The van der Waals surface area contributed by atoms with Crippen LogP contribution in [0.2, 0.25) is 0 Å². The molecule has 126 valence electrons. The van der Waals surface area contributed by atoms with E-state index in [9.17, 15) is 0 Å². The van der Waals surface area contributed by atoms with Crippen molar-refractivity contribution in [2.75, 3.05) is 19.7 Å². The number of hydrogen-bond acceptors (Lipinski definition) is 5. The van der Waals surface area contributed by atoms with Crippen LogP contribution in [0.4, 0.5) is 0 Å². The minimum atomic E-state index is 0.0227. The highest BCUT2D eigenvalue weighted by Gasteiger charge is 2.26. The standard InChI is InChI=1S/C17H21N5OS/c1-12-9-21(2)17(19-12)14-11-22(5-6-23-14)10-13-8-18-20-16(13)15-4-3-7-24-15/h3-4,7-9,14H,5-6,10-11H2,1-2H3,(H,18,20)/t14-/m0/s1. The number of aromatic amines is 1. The first-order valence-corrected chi connectivity index (χ1v) is 8.98. The second-order valence-corrected chi connectivity index (χ2v) is 7.14. The number of ether oxygens (including phenoxy) is 1. The molecule has 1 atom stereocenters. The molecule has 0 amide bonds. The molecule has 0 aromatic carbocycles. The Morgan fingerprint density at radius 2 is 2.38 bits per heavy atom. The molecule has 0 spiro atoms. The van der Waals surface area contributed by atoms with Gasteiger partial charge >= 0.3 is 0 Å². The molecule has 1 saturated heterocycles. The fourth-order valence-electron chi connectivity index (χ4n) is 3.24. The van der Waals surface area contributed by atoms with Crippen molar-refractivity contribution in [1.29, 1.82) is 0 Å². The number of nitrogens with one attached hydrogen (secondary N) is 1. The van der Waals surface area contributed by atoms with Crippen molar-refractivity contribution in [3.63, 3.8) is 0 Å². The number of rotatable bonds is 4. The van der Waals surface area contributed by atoms with Gasteiger partial charge in [0.05, 0.1) is 29.1 Å². The summed E-state index contributed by atoms with van der Waals surface area (Å²) in [6, 6.07) is 4.19. The minimum Gasteiger partial charge on any atom is -0.368 e. The normalized spacial score (nSPS) is 19.0. The summed E-state index contributed by atoms with van der Waals surface area (Å²) in [5, 5.41) is 9.48. The van der Waals surface area contributed by atoms with Crippen molar-refractivity contribution in [2.24, 2.45) is 7.05 Å². The molecule has 0 bridgehead atoms. The average molecular weight is 343 g/mol. The predicted molar refractivity (Wildman–Crippen MR) is 93.8 cm³/mol. The molecule has 1 aliphatic heterocycles. The topological polar surface area (TPSA) is 59.0 Å². The maximum Gasteiger partial charge on any atom is 0.139 e. The van der Waals surface area contributed by atoms with E-state index < -0.39 is 0 Å². The molecule has 0 saturated carbocycles. The van der Waals surface area contributed by atoms with Gasteiger partial charge in [-0.3, -0.25) is 10.00 Å². The molecular formula is C17H21N5OS. The summed E-state index contributed by atoms with van der Waals surface area (Å²) in [6.45, 7) is 5.38. The summed E-state index contributed by atoms with van der Waals surface area (Å²) in [7, 11) is 2.03. The van der Waals surface area contributed by atoms with Crippen molar-refractivity contribution in [1.82, 2.24) is 24.6 Å². The quantitative estimate of drug-likeness (QED) is 0.791. The third kappa shape index (κ3) is 3.02. The average Bonchev–Trinajstić information content (AvgIpc) is 3.28. The van der Waals surface area contributed by atoms with E-state index in [2.05, 4.69) is 42.2 Å². The Balaban J connectivity index is 1.50. The van der Waals surface area contributed by atoms with E-state index in [1.165, 1.54) is 10.4 Å². The lowest BCUT2D eigenvalue weighted by Crippen LogP contribution is -2.38. The van der Waals surface area contributed by atoms with E-state index in [-0.39, 0.29) is 6.10 Å². The smallest absolute Gasteiger partial charge is 0.139 e. The number of hydrogen-bond donors (Lipinski definition) is 1. The Morgan fingerprint density at radius 1 is 1.46 bits per heavy atom. The van der Waals surface area contributed by atoms with Crippen LogP contribution < -0.4 is 0 Å². The molecule has 4 rings (SSSR count). The van der Waals surface area contributed by atoms with Crippen LogP contribution in [0.1, 0.15) is 23.2 Å². The molecule has 24 heavy (non-hydrogen) atoms. The van der Waals surface area contributed by atoms with E-state index in [0.717, 1.165) is 43.5 Å². The fourth-order valence-corrected chi connectivity index (χ4v) is 4.00. The molecule has 1 fully saturated rings. The van der Waals surface area contributed by atoms with Crippen LogP contribution in [0.3, 0.4) is 0 Å². The van der Waals surface area contributed by atoms with Gasteiger partial charge in [0.1, 0.15) is 11.9 Å². The van der Waals surface area contributed by atoms with E-state index >= 15 is 0 Å². The number of nitrogens with zero attached hydrogens (tertiary/aromatic N) is 4. The lowest BCUT2D eigenvalue weighted by molar-refractivity contribution is -0.0383. The van der Waals surface area contributed by atoms with E-state index in [1.807, 2.05) is 26.4 Å². The lowest BCUT2D eigenvalue weighted by Gasteiger charge is -2.32. The maximum atomic E-state index is 5.96. The Hall–Kier alpha value is -1.96. The monoisotopic (exact) mass is 343 g/mol. The highest BCUT2D eigenvalue weighted by molar-refractivity contribution is 7.13. The number of aryl methyl sites for hydroxylation is 2. The molecule has 3 aromatic heterocycles. The zero-order chi connectivity index (χ0) is 16.5. The molecule has 0 radical (unpaired) electrons. The van der Waals surface area contributed by atoms with Gasteiger partial charge in [0, 0.05) is 38.4 Å². The summed E-state index contributed by atoms with van der Waals surface area (Å²) in [5.74, 6) is 1.00. The molecule has 0 unspecified atom stereocenters. The van der Waals surface area contributed by atoms with E-state index in [4.69, 9.17) is 4.74 Å². The summed E-state index contributed by atoms with van der Waals surface area (Å²) >= 11 is 1.73. The van der Waals surface area contributed by atoms with Crippen LogP contribution in [0, 0.1) is 6.92 Å². The summed E-state index contributed by atoms with van der Waals surface area (Å²) in [6.07, 6.45) is 4.00. The number of thiophene rings is 1. The molecule has 1 aliphatic rings. The van der Waals surface area contributed by atoms with Crippen LogP contribution in [0.5, 0.6) is 0 Å². The lowest BCUT2D eigenvalue weighted by atomic mass is 10.2. The van der Waals surface area contributed by atoms with Gasteiger partial charge in [0.25, 0.3) is 0 Å². The highest BCUT2D eigenvalue weighted by atomic mass is 32.1. The highest BCUT2D eigenvalue weighted by Crippen LogP contribution is 2.28. The van der Waals surface area contributed by atoms with Gasteiger partial charge in [0.15, 0.2) is 0 Å². The summed E-state index contributed by atoms with van der Waals surface area (Å²) < 4.78 is 8.03. The number of morpholine rings is 1. The van der Waals surface area contributed by atoms with Gasteiger partial charge in [-0.2, -0.15) is 5.10 Å². The third-order valence-corrected chi connectivity index (χ3v) is 5.24. The summed E-state index contributed by atoms with van der Waals surface area (Å²) in [5.41, 5.74) is 3.39. The Bertz CT molecular complexity index is 807. The van der Waals surface area contributed by atoms with Crippen molar-refractivity contribution in [2.45, 2.75) is 19.6 Å². The Labute approximate surface area is 145 Å². The second-order valence-electron chi connectivity index (χ2n) is 6.19. The first kappa shape index (κ1) is 15.6. The minimum absolute atomic E-state index is 0.0227. The van der Waals surface area contributed by atoms with Crippen LogP contribution >= 0.6 is 11.3 Å². The molecular weight excluding hydrogens is 322 g/mol. The van der Waals surface area contributed by atoms with Gasteiger partial charge in [0.2, 0.25) is 0 Å². The van der Waals surface area contributed by atoms with Gasteiger partial charge in [-0.15, -0.1) is 11.3 Å². The Morgan fingerprint density at radius 3 is 3.12 bits per heavy atom. The first-order valence-electron chi connectivity index (χ1n) is 8.10. The molecule has 3 aromatic rings. The zero-order valence-electron chi connectivity index (χ0n) is 13.9. The SMILES string of the molecule is Cc1cn(C)c([C@@H]2CN(Cc3cn[nH]c3-c3cccs3)CCO2)n1. The van der Waals surface area contributed by atoms with Crippen molar-refractivity contribution < 1.29 is 4.74 Å². The molecule has 4 heterocycles.